The van der Waals surface area contributed by atoms with Crippen LogP contribution in [-0.4, -0.2) is 61.0 Å². The Labute approximate surface area is 165 Å². The van der Waals surface area contributed by atoms with E-state index >= 15 is 0 Å². The van der Waals surface area contributed by atoms with Crippen molar-refractivity contribution in [1.29, 1.82) is 0 Å². The van der Waals surface area contributed by atoms with Gasteiger partial charge in [-0.05, 0) is 37.4 Å². The lowest BCUT2D eigenvalue weighted by atomic mass is 9.53. The maximum Gasteiger partial charge on any atom is 0.185 e. The number of piperidine rings is 1. The Morgan fingerprint density at radius 3 is 3.04 bits per heavy atom. The SMILES string of the molecule is COc1ccc2c3c1O[C@H]1[C@@H](O)C=C[C@H]4[C@@H](C2)N(CCCN=C(N)N)CC[C@@]341. The van der Waals surface area contributed by atoms with E-state index in [9.17, 15) is 5.11 Å². The van der Waals surface area contributed by atoms with Crippen molar-refractivity contribution in [2.75, 3.05) is 26.7 Å². The highest BCUT2D eigenvalue weighted by molar-refractivity contribution is 5.75. The molecule has 5 atom stereocenters. The number of aliphatic hydroxyl groups excluding tert-OH is 1. The maximum atomic E-state index is 10.7. The minimum atomic E-state index is -0.589. The van der Waals surface area contributed by atoms with E-state index in [4.69, 9.17) is 20.9 Å². The van der Waals surface area contributed by atoms with Crippen LogP contribution in [0.2, 0.25) is 0 Å². The number of hydrogen-bond donors (Lipinski definition) is 3. The molecule has 150 valence electrons. The van der Waals surface area contributed by atoms with Crippen LogP contribution in [0, 0.1) is 5.92 Å². The quantitative estimate of drug-likeness (QED) is 0.296. The van der Waals surface area contributed by atoms with Crippen LogP contribution >= 0.6 is 0 Å². The normalized spacial score (nSPS) is 34.5. The van der Waals surface area contributed by atoms with Crippen LogP contribution in [0.4, 0.5) is 0 Å². The van der Waals surface area contributed by atoms with E-state index in [1.165, 1.54) is 11.1 Å². The maximum absolute atomic E-state index is 10.7. The molecule has 0 unspecified atom stereocenters. The van der Waals surface area contributed by atoms with Gasteiger partial charge in [-0.3, -0.25) is 9.89 Å². The molecule has 1 fully saturated rings. The lowest BCUT2D eigenvalue weighted by molar-refractivity contribution is -0.0516. The van der Waals surface area contributed by atoms with Gasteiger partial charge in [0.25, 0.3) is 0 Å². The largest absolute Gasteiger partial charge is 0.493 e. The molecule has 2 bridgehead atoms. The fourth-order valence-electron chi connectivity index (χ4n) is 6.04. The van der Waals surface area contributed by atoms with E-state index in [1.54, 1.807) is 7.11 Å². The van der Waals surface area contributed by atoms with Gasteiger partial charge in [-0.2, -0.15) is 0 Å². The second kappa shape index (κ2) is 6.39. The number of benzene rings is 1. The summed E-state index contributed by atoms with van der Waals surface area (Å²) in [5.74, 6) is 2.10. The monoisotopic (exact) mass is 384 g/mol. The molecule has 4 aliphatic rings. The van der Waals surface area contributed by atoms with Gasteiger partial charge in [-0.15, -0.1) is 0 Å². The van der Waals surface area contributed by atoms with Gasteiger partial charge < -0.3 is 26.0 Å². The molecule has 1 saturated heterocycles. The lowest BCUT2D eigenvalue weighted by Gasteiger charge is -2.57. The molecular formula is C21H28N4O3. The predicted molar refractivity (Wildman–Crippen MR) is 107 cm³/mol. The van der Waals surface area contributed by atoms with Gasteiger partial charge in [0.2, 0.25) is 0 Å². The smallest absolute Gasteiger partial charge is 0.185 e. The molecule has 0 saturated carbocycles. The van der Waals surface area contributed by atoms with E-state index in [-0.39, 0.29) is 17.5 Å². The summed E-state index contributed by atoms with van der Waals surface area (Å²) < 4.78 is 12.0. The van der Waals surface area contributed by atoms with Crippen LogP contribution in [-0.2, 0) is 11.8 Å². The van der Waals surface area contributed by atoms with Crippen LogP contribution in [0.15, 0.2) is 29.3 Å². The van der Waals surface area contributed by atoms with Crippen molar-refractivity contribution in [3.8, 4) is 11.5 Å². The first-order valence-electron chi connectivity index (χ1n) is 10.1. The number of methoxy groups -OCH3 is 1. The first-order valence-corrected chi connectivity index (χ1v) is 10.1. The summed E-state index contributed by atoms with van der Waals surface area (Å²) in [6, 6.07) is 4.58. The van der Waals surface area contributed by atoms with Crippen molar-refractivity contribution in [3.63, 3.8) is 0 Å². The van der Waals surface area contributed by atoms with Gasteiger partial charge in [0.15, 0.2) is 17.5 Å². The van der Waals surface area contributed by atoms with Crippen LogP contribution < -0.4 is 20.9 Å². The number of guanidine groups is 1. The van der Waals surface area contributed by atoms with Gasteiger partial charge >= 0.3 is 0 Å². The Morgan fingerprint density at radius 1 is 1.39 bits per heavy atom. The second-order valence-corrected chi connectivity index (χ2v) is 8.33. The van der Waals surface area contributed by atoms with E-state index < -0.39 is 6.10 Å². The fourth-order valence-corrected chi connectivity index (χ4v) is 6.04. The van der Waals surface area contributed by atoms with Gasteiger partial charge in [0.05, 0.1) is 7.11 Å². The molecule has 1 aromatic rings. The zero-order valence-electron chi connectivity index (χ0n) is 16.2. The summed E-state index contributed by atoms with van der Waals surface area (Å²) >= 11 is 0. The molecule has 28 heavy (non-hydrogen) atoms. The van der Waals surface area contributed by atoms with E-state index in [1.807, 2.05) is 12.1 Å². The van der Waals surface area contributed by atoms with Crippen molar-refractivity contribution in [2.24, 2.45) is 22.4 Å². The summed E-state index contributed by atoms with van der Waals surface area (Å²) in [6.07, 6.45) is 6.21. The molecule has 0 aromatic heterocycles. The van der Waals surface area contributed by atoms with Crippen molar-refractivity contribution in [3.05, 3.63) is 35.4 Å². The summed E-state index contributed by atoms with van der Waals surface area (Å²) in [5.41, 5.74) is 13.3. The summed E-state index contributed by atoms with van der Waals surface area (Å²) in [4.78, 5) is 6.69. The number of nitrogens with two attached hydrogens (primary N) is 2. The van der Waals surface area contributed by atoms with Crippen LogP contribution in [0.1, 0.15) is 24.0 Å². The van der Waals surface area contributed by atoms with Gasteiger partial charge in [-0.25, -0.2) is 0 Å². The molecular weight excluding hydrogens is 356 g/mol. The lowest BCUT2D eigenvalue weighted by Crippen LogP contribution is -2.65. The average molecular weight is 384 g/mol. The molecule has 2 heterocycles. The first kappa shape index (κ1) is 17.8. The average Bonchev–Trinajstić information content (AvgIpc) is 3.03. The zero-order valence-corrected chi connectivity index (χ0v) is 16.2. The molecule has 0 radical (unpaired) electrons. The van der Waals surface area contributed by atoms with Crippen LogP contribution in [0.5, 0.6) is 11.5 Å². The topological polar surface area (TPSA) is 106 Å². The van der Waals surface area contributed by atoms with Crippen LogP contribution in [0.3, 0.4) is 0 Å². The number of rotatable bonds is 5. The van der Waals surface area contributed by atoms with Gasteiger partial charge in [0.1, 0.15) is 12.2 Å². The number of hydrogen-bond acceptors (Lipinski definition) is 5. The number of aliphatic imine (C=N–C) groups is 1. The molecule has 7 nitrogen and oxygen atoms in total. The Morgan fingerprint density at radius 2 is 2.25 bits per heavy atom. The van der Waals surface area contributed by atoms with Crippen molar-refractivity contribution < 1.29 is 14.6 Å². The van der Waals surface area contributed by atoms with E-state index in [0.717, 1.165) is 43.9 Å². The summed E-state index contributed by atoms with van der Waals surface area (Å²) in [7, 11) is 1.68. The minimum absolute atomic E-state index is 0.154. The fraction of sp³-hybridized carbons (Fsp3) is 0.571. The Balaban J connectivity index is 1.52. The second-order valence-electron chi connectivity index (χ2n) is 8.33. The third-order valence-corrected chi connectivity index (χ3v) is 7.09. The summed E-state index contributed by atoms with van der Waals surface area (Å²) in [6.45, 7) is 2.60. The number of nitrogens with zero attached hydrogens (tertiary/aromatic N) is 2. The molecule has 5 rings (SSSR count). The first-order chi connectivity index (χ1) is 13.6. The zero-order chi connectivity index (χ0) is 19.5. The van der Waals surface area contributed by atoms with Crippen molar-refractivity contribution >= 4 is 5.96 Å². The highest BCUT2D eigenvalue weighted by atomic mass is 16.5. The Kier molecular flexibility index (Phi) is 4.07. The van der Waals surface area contributed by atoms with Gasteiger partial charge in [0, 0.05) is 36.0 Å². The molecule has 2 aliphatic heterocycles. The Hall–Kier alpha value is -2.25. The third kappa shape index (κ3) is 2.32. The van der Waals surface area contributed by atoms with Crippen molar-refractivity contribution in [2.45, 2.75) is 42.9 Å². The van der Waals surface area contributed by atoms with E-state index in [0.29, 0.717) is 18.5 Å². The molecule has 1 spiro atoms. The number of likely N-dealkylation sites (tertiary alicyclic amines) is 1. The highest BCUT2D eigenvalue weighted by Crippen LogP contribution is 2.62. The van der Waals surface area contributed by atoms with E-state index in [2.05, 4.69) is 22.0 Å². The molecule has 0 amide bonds. The number of ether oxygens (including phenoxy) is 2. The summed E-state index contributed by atoms with van der Waals surface area (Å²) in [5, 5.41) is 10.7. The van der Waals surface area contributed by atoms with Crippen LogP contribution in [0.25, 0.3) is 0 Å². The predicted octanol–water partition coefficient (Wildman–Crippen LogP) is 0.535. The Bertz CT molecular complexity index is 850. The van der Waals surface area contributed by atoms with Crippen molar-refractivity contribution in [1.82, 2.24) is 4.90 Å². The molecule has 5 N–H and O–H groups in total. The molecule has 7 heteroatoms. The minimum Gasteiger partial charge on any atom is -0.493 e. The number of aliphatic hydroxyl groups is 1. The van der Waals surface area contributed by atoms with Gasteiger partial charge in [-0.1, -0.05) is 18.2 Å². The molecule has 1 aromatic carbocycles. The highest BCUT2D eigenvalue weighted by Gasteiger charge is 2.64. The standard InChI is InChI=1S/C21H28N4O3/c1-27-16-6-3-12-11-14-13-4-5-15(26)19-21(13,17(12)18(16)28-19)7-10-25(14)9-2-8-24-20(22)23/h3-6,13-15,19,26H,2,7-11H2,1H3,(H4,22,23,24)/t13-,14+,15-,19-,21-/m0/s1. The molecule has 2 aliphatic carbocycles. The third-order valence-electron chi connectivity index (χ3n) is 7.09.